The van der Waals surface area contributed by atoms with Crippen molar-refractivity contribution in [1.29, 1.82) is 0 Å². The predicted molar refractivity (Wildman–Crippen MR) is 87.5 cm³/mol. The molecule has 1 fully saturated rings. The summed E-state index contributed by atoms with van der Waals surface area (Å²) in [6.45, 7) is 3.22. The first-order chi connectivity index (χ1) is 10.2. The van der Waals surface area contributed by atoms with Gasteiger partial charge in [-0.15, -0.1) is 0 Å². The molecule has 0 amide bonds. The van der Waals surface area contributed by atoms with Crippen molar-refractivity contribution in [3.05, 3.63) is 22.7 Å². The molecule has 1 aliphatic carbocycles. The Morgan fingerprint density at radius 3 is 2.52 bits per heavy atom. The van der Waals surface area contributed by atoms with Crippen molar-refractivity contribution >= 4 is 11.6 Å². The summed E-state index contributed by atoms with van der Waals surface area (Å²) in [6.07, 6.45) is 6.36. The SMILES string of the molecule is CCCNC(c1cc(Cl)c(OC)c(OC)c1)C1CCCC1. The van der Waals surface area contributed by atoms with Crippen molar-refractivity contribution in [1.82, 2.24) is 5.32 Å². The molecule has 1 aliphatic rings. The number of methoxy groups -OCH3 is 2. The lowest BCUT2D eigenvalue weighted by Gasteiger charge is -2.26. The Labute approximate surface area is 133 Å². The molecule has 0 aromatic heterocycles. The van der Waals surface area contributed by atoms with Crippen LogP contribution >= 0.6 is 11.6 Å². The van der Waals surface area contributed by atoms with Gasteiger partial charge < -0.3 is 14.8 Å². The molecule has 3 nitrogen and oxygen atoms in total. The average Bonchev–Trinajstić information content (AvgIpc) is 3.01. The van der Waals surface area contributed by atoms with Crippen LogP contribution in [0, 0.1) is 5.92 Å². The molecule has 21 heavy (non-hydrogen) atoms. The summed E-state index contributed by atoms with van der Waals surface area (Å²) in [7, 11) is 3.27. The van der Waals surface area contributed by atoms with Crippen molar-refractivity contribution in [2.75, 3.05) is 20.8 Å². The number of halogens is 1. The zero-order chi connectivity index (χ0) is 15.2. The molecule has 0 radical (unpaired) electrons. The lowest BCUT2D eigenvalue weighted by atomic mass is 9.91. The molecule has 0 aliphatic heterocycles. The third kappa shape index (κ3) is 3.83. The number of rotatable bonds is 7. The fourth-order valence-corrected chi connectivity index (χ4v) is 3.56. The largest absolute Gasteiger partial charge is 0.493 e. The van der Waals surface area contributed by atoms with E-state index in [4.69, 9.17) is 21.1 Å². The van der Waals surface area contributed by atoms with Gasteiger partial charge in [-0.3, -0.25) is 0 Å². The van der Waals surface area contributed by atoms with Crippen molar-refractivity contribution in [2.24, 2.45) is 5.92 Å². The van der Waals surface area contributed by atoms with Gasteiger partial charge in [-0.1, -0.05) is 31.4 Å². The van der Waals surface area contributed by atoms with Crippen LogP contribution in [0.3, 0.4) is 0 Å². The van der Waals surface area contributed by atoms with Crippen LogP contribution in [0.25, 0.3) is 0 Å². The van der Waals surface area contributed by atoms with E-state index in [9.17, 15) is 0 Å². The van der Waals surface area contributed by atoms with Crippen molar-refractivity contribution in [2.45, 2.75) is 45.1 Å². The summed E-state index contributed by atoms with van der Waals surface area (Å²) in [5.41, 5.74) is 1.21. The van der Waals surface area contributed by atoms with Gasteiger partial charge in [-0.25, -0.2) is 0 Å². The second-order valence-electron chi connectivity index (χ2n) is 5.71. The van der Waals surface area contributed by atoms with Gasteiger partial charge in [0.05, 0.1) is 19.2 Å². The van der Waals surface area contributed by atoms with E-state index < -0.39 is 0 Å². The van der Waals surface area contributed by atoms with Crippen LogP contribution in [0.4, 0.5) is 0 Å². The molecule has 1 unspecified atom stereocenters. The van der Waals surface area contributed by atoms with Crippen molar-refractivity contribution < 1.29 is 9.47 Å². The lowest BCUT2D eigenvalue weighted by Crippen LogP contribution is -2.28. The van der Waals surface area contributed by atoms with Gasteiger partial charge in [0.1, 0.15) is 0 Å². The maximum absolute atomic E-state index is 6.37. The average molecular weight is 312 g/mol. The minimum absolute atomic E-state index is 0.352. The third-order valence-corrected chi connectivity index (χ3v) is 4.58. The molecular weight excluding hydrogens is 286 g/mol. The molecule has 1 aromatic rings. The predicted octanol–water partition coefficient (Wildman–Crippen LogP) is 4.59. The number of ether oxygens (including phenoxy) is 2. The summed E-state index contributed by atoms with van der Waals surface area (Å²) in [5, 5.41) is 4.31. The van der Waals surface area contributed by atoms with Crippen LogP contribution in [0.2, 0.25) is 5.02 Å². The first-order valence-electron chi connectivity index (χ1n) is 7.86. The Balaban J connectivity index is 2.31. The zero-order valence-corrected chi connectivity index (χ0v) is 14.0. The third-order valence-electron chi connectivity index (χ3n) is 4.30. The quantitative estimate of drug-likeness (QED) is 0.799. The minimum atomic E-state index is 0.352. The summed E-state index contributed by atoms with van der Waals surface area (Å²) >= 11 is 6.37. The van der Waals surface area contributed by atoms with E-state index in [0.717, 1.165) is 13.0 Å². The van der Waals surface area contributed by atoms with Crippen LogP contribution in [0.5, 0.6) is 11.5 Å². The molecule has 0 spiro atoms. The summed E-state index contributed by atoms with van der Waals surface area (Å²) in [4.78, 5) is 0. The summed E-state index contributed by atoms with van der Waals surface area (Å²) in [5.74, 6) is 2.01. The monoisotopic (exact) mass is 311 g/mol. The molecule has 2 rings (SSSR count). The fraction of sp³-hybridized carbons (Fsp3) is 0.647. The highest BCUT2D eigenvalue weighted by molar-refractivity contribution is 6.32. The van der Waals surface area contributed by atoms with E-state index in [-0.39, 0.29) is 0 Å². The minimum Gasteiger partial charge on any atom is -0.493 e. The van der Waals surface area contributed by atoms with Crippen molar-refractivity contribution in [3.63, 3.8) is 0 Å². The highest BCUT2D eigenvalue weighted by Crippen LogP contribution is 2.42. The maximum Gasteiger partial charge on any atom is 0.179 e. The van der Waals surface area contributed by atoms with Gasteiger partial charge in [-0.05, 0) is 49.4 Å². The van der Waals surface area contributed by atoms with E-state index in [2.05, 4.69) is 18.3 Å². The molecule has 118 valence electrons. The second-order valence-corrected chi connectivity index (χ2v) is 6.12. The Hall–Kier alpha value is -0.930. The molecule has 1 saturated carbocycles. The zero-order valence-electron chi connectivity index (χ0n) is 13.2. The van der Waals surface area contributed by atoms with Gasteiger partial charge in [0.2, 0.25) is 0 Å². The molecule has 1 atom stereocenters. The van der Waals surface area contributed by atoms with E-state index >= 15 is 0 Å². The van der Waals surface area contributed by atoms with Gasteiger partial charge >= 0.3 is 0 Å². The highest BCUT2D eigenvalue weighted by atomic mass is 35.5. The molecule has 0 bridgehead atoms. The van der Waals surface area contributed by atoms with Crippen LogP contribution in [0.15, 0.2) is 12.1 Å². The first kappa shape index (κ1) is 16.4. The van der Waals surface area contributed by atoms with Crippen molar-refractivity contribution in [3.8, 4) is 11.5 Å². The Bertz CT molecular complexity index is 458. The normalized spacial score (nSPS) is 17.0. The molecule has 1 N–H and O–H groups in total. The van der Waals surface area contributed by atoms with E-state index in [0.29, 0.717) is 28.5 Å². The smallest absolute Gasteiger partial charge is 0.179 e. The van der Waals surface area contributed by atoms with E-state index in [1.807, 2.05) is 6.07 Å². The number of hydrogen-bond acceptors (Lipinski definition) is 3. The second kappa shape index (κ2) is 7.90. The summed E-state index contributed by atoms with van der Waals surface area (Å²) < 4.78 is 10.8. The Morgan fingerprint density at radius 1 is 1.24 bits per heavy atom. The lowest BCUT2D eigenvalue weighted by molar-refractivity contribution is 0.347. The van der Waals surface area contributed by atoms with Gasteiger partial charge in [-0.2, -0.15) is 0 Å². The molecule has 0 saturated heterocycles. The van der Waals surface area contributed by atoms with Gasteiger partial charge in [0.15, 0.2) is 11.5 Å². The Morgan fingerprint density at radius 2 is 1.95 bits per heavy atom. The van der Waals surface area contributed by atoms with Gasteiger partial charge in [0, 0.05) is 6.04 Å². The van der Waals surface area contributed by atoms with E-state index in [1.165, 1.54) is 31.2 Å². The summed E-state index contributed by atoms with van der Waals surface area (Å²) in [6, 6.07) is 4.44. The first-order valence-corrected chi connectivity index (χ1v) is 8.23. The van der Waals surface area contributed by atoms with Crippen LogP contribution in [-0.2, 0) is 0 Å². The number of hydrogen-bond donors (Lipinski definition) is 1. The Kier molecular flexibility index (Phi) is 6.19. The highest BCUT2D eigenvalue weighted by Gasteiger charge is 2.27. The topological polar surface area (TPSA) is 30.5 Å². The molecule has 0 heterocycles. The maximum atomic E-state index is 6.37. The van der Waals surface area contributed by atoms with Crippen LogP contribution in [0.1, 0.15) is 50.6 Å². The molecule has 1 aromatic carbocycles. The number of nitrogens with one attached hydrogen (secondary N) is 1. The molecular formula is C17H26ClNO2. The van der Waals surface area contributed by atoms with Crippen LogP contribution < -0.4 is 14.8 Å². The standard InChI is InChI=1S/C17H26ClNO2/c1-4-9-19-16(12-7-5-6-8-12)13-10-14(18)17(21-3)15(11-13)20-2/h10-12,16,19H,4-9H2,1-3H3. The fourth-order valence-electron chi connectivity index (χ4n) is 3.26. The molecule has 4 heteroatoms. The number of benzene rings is 1. The van der Waals surface area contributed by atoms with Crippen LogP contribution in [-0.4, -0.2) is 20.8 Å². The van der Waals surface area contributed by atoms with Gasteiger partial charge in [0.25, 0.3) is 0 Å². The van der Waals surface area contributed by atoms with E-state index in [1.54, 1.807) is 14.2 Å².